The van der Waals surface area contributed by atoms with E-state index in [0.29, 0.717) is 0 Å². The fraction of sp³-hybridized carbons (Fsp3) is 0.500. The maximum absolute atomic E-state index is 11.5. The van der Waals surface area contributed by atoms with Gasteiger partial charge >= 0.3 is 0 Å². The van der Waals surface area contributed by atoms with Gasteiger partial charge in [0.25, 0.3) is 0 Å². The van der Waals surface area contributed by atoms with Crippen LogP contribution in [0.2, 0.25) is 0 Å². The first-order valence-electron chi connectivity index (χ1n) is 5.70. The van der Waals surface area contributed by atoms with Crippen LogP contribution in [0.3, 0.4) is 0 Å². The molecule has 2 atom stereocenters. The second-order valence-corrected chi connectivity index (χ2v) is 7.84. The third-order valence-corrected chi connectivity index (χ3v) is 5.43. The largest absolute Gasteiger partial charge is 0.390 e. The van der Waals surface area contributed by atoms with Gasteiger partial charge in [0.15, 0.2) is 9.84 Å². The smallest absolute Gasteiger partial charge is 0.155 e. The molecule has 0 aliphatic carbocycles. The van der Waals surface area contributed by atoms with Gasteiger partial charge in [-0.15, -0.1) is 0 Å². The minimum Gasteiger partial charge on any atom is -0.390 e. The number of rotatable bonds is 2. The molecule has 0 bridgehead atoms. The Hall–Kier alpha value is -0.590. The normalized spacial score (nSPS) is 26.2. The Morgan fingerprint density at radius 1 is 1.33 bits per heavy atom. The van der Waals surface area contributed by atoms with E-state index in [0.717, 1.165) is 21.3 Å². The molecule has 2 unspecified atom stereocenters. The third kappa shape index (κ3) is 2.87. The van der Waals surface area contributed by atoms with Crippen molar-refractivity contribution < 1.29 is 13.5 Å². The minimum atomic E-state index is -3.13. The zero-order valence-electron chi connectivity index (χ0n) is 10.3. The number of aliphatic hydroxyl groups is 1. The molecule has 4 nitrogen and oxygen atoms in total. The molecule has 18 heavy (non-hydrogen) atoms. The summed E-state index contributed by atoms with van der Waals surface area (Å²) in [6.07, 6.45) is -0.845. The lowest BCUT2D eigenvalue weighted by atomic mass is 10.1. The van der Waals surface area contributed by atoms with Crippen molar-refractivity contribution in [3.63, 3.8) is 0 Å². The van der Waals surface area contributed by atoms with Crippen molar-refractivity contribution in [2.45, 2.75) is 26.0 Å². The van der Waals surface area contributed by atoms with E-state index in [4.69, 9.17) is 0 Å². The molecular formula is C12H16BrNO3S. The van der Waals surface area contributed by atoms with Crippen LogP contribution in [-0.2, 0) is 9.84 Å². The number of anilines is 1. The second kappa shape index (κ2) is 4.83. The summed E-state index contributed by atoms with van der Waals surface area (Å²) in [5.41, 5.74) is 3.00. The van der Waals surface area contributed by atoms with E-state index in [2.05, 4.69) is 21.2 Å². The van der Waals surface area contributed by atoms with Crippen LogP contribution in [0.1, 0.15) is 11.1 Å². The molecule has 2 rings (SSSR count). The zero-order chi connectivity index (χ0) is 13.5. The molecule has 1 fully saturated rings. The number of sulfone groups is 1. The Kier molecular flexibility index (Phi) is 3.71. The molecular weight excluding hydrogens is 318 g/mol. The standard InChI is InChI=1S/C12H16BrNO3S/c1-7-3-8(2)12(9(13)4-7)14-10-5-18(16,17)6-11(10)15/h3-4,10-11,14-15H,5-6H2,1-2H3. The van der Waals surface area contributed by atoms with E-state index in [-0.39, 0.29) is 11.5 Å². The topological polar surface area (TPSA) is 66.4 Å². The Morgan fingerprint density at radius 2 is 2.00 bits per heavy atom. The Balaban J connectivity index is 2.26. The second-order valence-electron chi connectivity index (χ2n) is 4.83. The molecule has 100 valence electrons. The fourth-order valence-electron chi connectivity index (χ4n) is 2.25. The molecule has 0 saturated carbocycles. The molecule has 1 aromatic carbocycles. The molecule has 1 aliphatic rings. The summed E-state index contributed by atoms with van der Waals surface area (Å²) in [5, 5.41) is 12.9. The number of hydrogen-bond acceptors (Lipinski definition) is 4. The van der Waals surface area contributed by atoms with Gasteiger partial charge < -0.3 is 10.4 Å². The highest BCUT2D eigenvalue weighted by atomic mass is 79.9. The van der Waals surface area contributed by atoms with E-state index in [1.165, 1.54) is 0 Å². The summed E-state index contributed by atoms with van der Waals surface area (Å²) >= 11 is 3.46. The van der Waals surface area contributed by atoms with E-state index in [1.54, 1.807) is 0 Å². The van der Waals surface area contributed by atoms with Crippen LogP contribution < -0.4 is 5.32 Å². The maximum atomic E-state index is 11.5. The number of aryl methyl sites for hydroxylation is 2. The van der Waals surface area contributed by atoms with Gasteiger partial charge in [-0.25, -0.2) is 8.42 Å². The molecule has 6 heteroatoms. The number of hydrogen-bond donors (Lipinski definition) is 2. The zero-order valence-corrected chi connectivity index (χ0v) is 12.7. The van der Waals surface area contributed by atoms with Crippen LogP contribution in [0.15, 0.2) is 16.6 Å². The predicted octanol–water partition coefficient (Wildman–Crippen LogP) is 1.64. The van der Waals surface area contributed by atoms with Gasteiger partial charge in [0.05, 0.1) is 29.3 Å². The first-order chi connectivity index (χ1) is 8.28. The third-order valence-electron chi connectivity index (χ3n) is 3.08. The van der Waals surface area contributed by atoms with E-state index in [1.807, 2.05) is 26.0 Å². The van der Waals surface area contributed by atoms with Crippen LogP contribution in [0.4, 0.5) is 5.69 Å². The maximum Gasteiger partial charge on any atom is 0.155 e. The predicted molar refractivity (Wildman–Crippen MR) is 75.7 cm³/mol. The summed E-state index contributed by atoms with van der Waals surface area (Å²) in [4.78, 5) is 0. The van der Waals surface area contributed by atoms with Crippen molar-refractivity contribution in [1.29, 1.82) is 0 Å². The Labute approximate surface area is 115 Å². The molecule has 0 amide bonds. The molecule has 1 aromatic rings. The van der Waals surface area contributed by atoms with Crippen LogP contribution in [0.5, 0.6) is 0 Å². The summed E-state index contributed by atoms with van der Waals surface area (Å²) < 4.78 is 23.8. The van der Waals surface area contributed by atoms with Gasteiger partial charge in [-0.05, 0) is 47.0 Å². The van der Waals surface area contributed by atoms with E-state index in [9.17, 15) is 13.5 Å². The molecule has 0 spiro atoms. The van der Waals surface area contributed by atoms with Gasteiger partial charge in [0, 0.05) is 4.47 Å². The van der Waals surface area contributed by atoms with Gasteiger partial charge in [0.1, 0.15) is 0 Å². The number of nitrogens with one attached hydrogen (secondary N) is 1. The molecule has 0 aromatic heterocycles. The molecule has 1 heterocycles. The summed E-state index contributed by atoms with van der Waals surface area (Å²) in [5.74, 6) is -0.179. The summed E-state index contributed by atoms with van der Waals surface area (Å²) in [6.45, 7) is 3.95. The lowest BCUT2D eigenvalue weighted by Gasteiger charge is -2.19. The first kappa shape index (κ1) is 13.8. The Bertz CT molecular complexity index is 548. The average Bonchev–Trinajstić information content (AvgIpc) is 2.45. The van der Waals surface area contributed by atoms with Crippen molar-refractivity contribution in [2.24, 2.45) is 0 Å². The van der Waals surface area contributed by atoms with E-state index < -0.39 is 22.0 Å². The van der Waals surface area contributed by atoms with Crippen molar-refractivity contribution in [1.82, 2.24) is 0 Å². The van der Waals surface area contributed by atoms with Gasteiger partial charge in [-0.3, -0.25) is 0 Å². The van der Waals surface area contributed by atoms with Crippen LogP contribution in [0.25, 0.3) is 0 Å². The van der Waals surface area contributed by atoms with Crippen molar-refractivity contribution in [3.05, 3.63) is 27.7 Å². The first-order valence-corrected chi connectivity index (χ1v) is 8.32. The molecule has 1 aliphatic heterocycles. The highest BCUT2D eigenvalue weighted by molar-refractivity contribution is 9.10. The lowest BCUT2D eigenvalue weighted by Crippen LogP contribution is -2.32. The monoisotopic (exact) mass is 333 g/mol. The number of halogens is 1. The summed E-state index contributed by atoms with van der Waals surface area (Å²) in [7, 11) is -3.13. The summed E-state index contributed by atoms with van der Waals surface area (Å²) in [6, 6.07) is 3.54. The fourth-order valence-corrected chi connectivity index (χ4v) is 4.78. The van der Waals surface area contributed by atoms with Gasteiger partial charge in [-0.1, -0.05) is 6.07 Å². The number of benzene rings is 1. The lowest BCUT2D eigenvalue weighted by molar-refractivity contribution is 0.190. The molecule has 1 saturated heterocycles. The SMILES string of the molecule is Cc1cc(C)c(NC2CS(=O)(=O)CC2O)c(Br)c1. The number of aliphatic hydroxyl groups excluding tert-OH is 1. The van der Waals surface area contributed by atoms with Crippen molar-refractivity contribution in [2.75, 3.05) is 16.8 Å². The van der Waals surface area contributed by atoms with Crippen LogP contribution in [0, 0.1) is 13.8 Å². The molecule has 0 radical (unpaired) electrons. The van der Waals surface area contributed by atoms with Crippen molar-refractivity contribution in [3.8, 4) is 0 Å². The van der Waals surface area contributed by atoms with Gasteiger partial charge in [0.2, 0.25) is 0 Å². The minimum absolute atomic E-state index is 0.0199. The quantitative estimate of drug-likeness (QED) is 0.863. The highest BCUT2D eigenvalue weighted by Gasteiger charge is 2.36. The Morgan fingerprint density at radius 3 is 2.50 bits per heavy atom. The molecule has 2 N–H and O–H groups in total. The van der Waals surface area contributed by atoms with E-state index >= 15 is 0 Å². The van der Waals surface area contributed by atoms with Crippen LogP contribution in [-0.4, -0.2) is 37.2 Å². The van der Waals surface area contributed by atoms with Crippen molar-refractivity contribution >= 4 is 31.5 Å². The average molecular weight is 334 g/mol. The highest BCUT2D eigenvalue weighted by Crippen LogP contribution is 2.30. The van der Waals surface area contributed by atoms with Crippen LogP contribution >= 0.6 is 15.9 Å². The van der Waals surface area contributed by atoms with Gasteiger partial charge in [-0.2, -0.15) is 0 Å².